The number of nitrogens with zero attached hydrogens (tertiary/aromatic N) is 1. The van der Waals surface area contributed by atoms with Crippen LogP contribution in [0.25, 0.3) is 5.70 Å². The van der Waals surface area contributed by atoms with Gasteiger partial charge in [0.25, 0.3) is 0 Å². The molecular weight excluding hydrogens is 304 g/mol. The first-order valence-corrected chi connectivity index (χ1v) is 9.40. The quantitative estimate of drug-likeness (QED) is 0.496. The van der Waals surface area contributed by atoms with Crippen LogP contribution < -0.4 is 5.32 Å². The molecular formula is C23H32N2. The summed E-state index contributed by atoms with van der Waals surface area (Å²) in [6.07, 6.45) is 11.1. The van der Waals surface area contributed by atoms with Crippen molar-refractivity contribution in [1.82, 2.24) is 5.32 Å². The summed E-state index contributed by atoms with van der Waals surface area (Å²) in [4.78, 5) is 4.52. The second-order valence-corrected chi connectivity index (χ2v) is 7.03. The first kappa shape index (κ1) is 19.2. The lowest BCUT2D eigenvalue weighted by Gasteiger charge is -2.21. The summed E-state index contributed by atoms with van der Waals surface area (Å²) in [5, 5.41) is 3.66. The highest BCUT2D eigenvalue weighted by Gasteiger charge is 2.14. The molecule has 2 nitrogen and oxygen atoms in total. The van der Waals surface area contributed by atoms with E-state index in [1.807, 2.05) is 7.05 Å². The molecule has 134 valence electrons. The van der Waals surface area contributed by atoms with Gasteiger partial charge in [-0.25, -0.2) is 0 Å². The number of nitrogens with one attached hydrogen (secondary N) is 1. The molecule has 2 rings (SSSR count). The molecule has 0 bridgehead atoms. The van der Waals surface area contributed by atoms with Crippen molar-refractivity contribution in [2.45, 2.75) is 53.4 Å². The van der Waals surface area contributed by atoms with Crippen LogP contribution in [-0.2, 0) is 0 Å². The number of hydrogen-bond acceptors (Lipinski definition) is 1. The normalized spacial score (nSPS) is 17.0. The van der Waals surface area contributed by atoms with E-state index < -0.39 is 0 Å². The highest BCUT2D eigenvalue weighted by molar-refractivity contribution is 5.92. The molecule has 2 heteroatoms. The first-order valence-electron chi connectivity index (χ1n) is 9.40. The molecule has 1 aromatic rings. The average molecular weight is 337 g/mol. The minimum absolute atomic E-state index is 0.426. The molecule has 0 radical (unpaired) electrons. The number of hydrogen-bond donors (Lipinski definition) is 1. The van der Waals surface area contributed by atoms with Crippen LogP contribution in [0.2, 0.25) is 0 Å². The lowest BCUT2D eigenvalue weighted by molar-refractivity contribution is 0.719. The molecule has 25 heavy (non-hydrogen) atoms. The summed E-state index contributed by atoms with van der Waals surface area (Å²) in [5.41, 5.74) is 6.60. The van der Waals surface area contributed by atoms with Gasteiger partial charge in [-0.2, -0.15) is 0 Å². The zero-order chi connectivity index (χ0) is 18.2. The molecule has 1 aromatic carbocycles. The Morgan fingerprint density at radius 3 is 2.52 bits per heavy atom. The second kappa shape index (κ2) is 9.41. The fourth-order valence-corrected chi connectivity index (χ4v) is 3.10. The fraction of sp³-hybridized carbons (Fsp3) is 0.435. The third-order valence-corrected chi connectivity index (χ3v) is 4.93. The topological polar surface area (TPSA) is 24.4 Å². The van der Waals surface area contributed by atoms with Gasteiger partial charge in [-0.15, -0.1) is 0 Å². The average Bonchev–Trinajstić information content (AvgIpc) is 2.64. The van der Waals surface area contributed by atoms with Gasteiger partial charge in [0, 0.05) is 18.7 Å². The van der Waals surface area contributed by atoms with Crippen LogP contribution in [0.1, 0.15) is 57.6 Å². The van der Waals surface area contributed by atoms with Crippen LogP contribution >= 0.6 is 0 Å². The molecule has 0 aromatic heterocycles. The summed E-state index contributed by atoms with van der Waals surface area (Å²) in [6, 6.07) is 8.78. The monoisotopic (exact) mass is 336 g/mol. The maximum Gasteiger partial charge on any atom is 0.103 e. The Bertz CT molecular complexity index is 687. The van der Waals surface area contributed by atoms with Gasteiger partial charge in [0.2, 0.25) is 0 Å². The molecule has 1 unspecified atom stereocenters. The van der Waals surface area contributed by atoms with Gasteiger partial charge in [0.05, 0.1) is 0 Å². The van der Waals surface area contributed by atoms with Crippen molar-refractivity contribution in [2.75, 3.05) is 7.05 Å². The van der Waals surface area contributed by atoms with Crippen molar-refractivity contribution in [2.24, 2.45) is 10.9 Å². The van der Waals surface area contributed by atoms with Gasteiger partial charge in [-0.05, 0) is 50.7 Å². The Kier molecular flexibility index (Phi) is 7.24. The van der Waals surface area contributed by atoms with Crippen LogP contribution in [0.5, 0.6) is 0 Å². The molecule has 0 fully saturated rings. The van der Waals surface area contributed by atoms with E-state index in [-0.39, 0.29) is 0 Å². The summed E-state index contributed by atoms with van der Waals surface area (Å²) in [7, 11) is 1.88. The smallest absolute Gasteiger partial charge is 0.103 e. The molecule has 0 heterocycles. The number of benzene rings is 1. The fourth-order valence-electron chi connectivity index (χ4n) is 3.10. The van der Waals surface area contributed by atoms with Gasteiger partial charge in [-0.1, -0.05) is 67.5 Å². The SMILES string of the molecule is CCC(C)C(=NC)N/C(=C(\C)CC1=CC=CCC1)c1ccc(C)cc1. The Labute approximate surface area is 153 Å². The van der Waals surface area contributed by atoms with Crippen molar-refractivity contribution < 1.29 is 0 Å². The van der Waals surface area contributed by atoms with Gasteiger partial charge >= 0.3 is 0 Å². The maximum atomic E-state index is 4.52. The van der Waals surface area contributed by atoms with Crippen LogP contribution in [0.4, 0.5) is 0 Å². The largest absolute Gasteiger partial charge is 0.343 e. The molecule has 0 saturated carbocycles. The third-order valence-electron chi connectivity index (χ3n) is 4.93. The predicted octanol–water partition coefficient (Wildman–Crippen LogP) is 6.06. The summed E-state index contributed by atoms with van der Waals surface area (Å²) >= 11 is 0. The van der Waals surface area contributed by atoms with Crippen LogP contribution in [-0.4, -0.2) is 12.9 Å². The number of aryl methyl sites for hydroxylation is 1. The predicted molar refractivity (Wildman–Crippen MR) is 111 cm³/mol. The summed E-state index contributed by atoms with van der Waals surface area (Å²) < 4.78 is 0. The van der Waals surface area contributed by atoms with Gasteiger partial charge < -0.3 is 5.32 Å². The number of rotatable bonds is 6. The van der Waals surface area contributed by atoms with Crippen LogP contribution in [0.3, 0.4) is 0 Å². The van der Waals surface area contributed by atoms with Crippen molar-refractivity contribution in [1.29, 1.82) is 0 Å². The Morgan fingerprint density at radius 2 is 1.96 bits per heavy atom. The van der Waals surface area contributed by atoms with E-state index in [4.69, 9.17) is 0 Å². The van der Waals surface area contributed by atoms with Crippen molar-refractivity contribution in [3.05, 3.63) is 64.8 Å². The van der Waals surface area contributed by atoms with E-state index in [9.17, 15) is 0 Å². The van der Waals surface area contributed by atoms with Crippen molar-refractivity contribution >= 4 is 11.5 Å². The van der Waals surface area contributed by atoms with Crippen molar-refractivity contribution in [3.8, 4) is 0 Å². The third kappa shape index (κ3) is 5.45. The highest BCUT2D eigenvalue weighted by atomic mass is 15.0. The molecule has 0 spiro atoms. The zero-order valence-electron chi connectivity index (χ0n) is 16.4. The lowest BCUT2D eigenvalue weighted by Crippen LogP contribution is -2.28. The molecule has 1 atom stereocenters. The second-order valence-electron chi connectivity index (χ2n) is 7.03. The first-order chi connectivity index (χ1) is 12.0. The zero-order valence-corrected chi connectivity index (χ0v) is 16.4. The minimum Gasteiger partial charge on any atom is -0.343 e. The number of allylic oxidation sites excluding steroid dienone is 5. The van der Waals surface area contributed by atoms with Crippen LogP contribution in [0.15, 0.2) is 58.6 Å². The van der Waals surface area contributed by atoms with E-state index in [1.165, 1.54) is 28.0 Å². The van der Waals surface area contributed by atoms with E-state index in [0.29, 0.717) is 5.92 Å². The highest BCUT2D eigenvalue weighted by Crippen LogP contribution is 2.26. The van der Waals surface area contributed by atoms with E-state index in [2.05, 4.69) is 80.5 Å². The molecule has 1 aliphatic carbocycles. The van der Waals surface area contributed by atoms with Gasteiger partial charge in [0.15, 0.2) is 0 Å². The van der Waals surface area contributed by atoms with E-state index in [1.54, 1.807) is 0 Å². The maximum absolute atomic E-state index is 4.52. The summed E-state index contributed by atoms with van der Waals surface area (Å²) in [5.74, 6) is 1.49. The number of amidine groups is 1. The van der Waals surface area contributed by atoms with E-state index in [0.717, 1.165) is 31.5 Å². The van der Waals surface area contributed by atoms with Gasteiger partial charge in [-0.3, -0.25) is 4.99 Å². The van der Waals surface area contributed by atoms with E-state index >= 15 is 0 Å². The Balaban J connectivity index is 2.36. The molecule has 1 N–H and O–H groups in total. The molecule has 1 aliphatic rings. The minimum atomic E-state index is 0.426. The summed E-state index contributed by atoms with van der Waals surface area (Å²) in [6.45, 7) is 8.81. The Morgan fingerprint density at radius 1 is 1.24 bits per heavy atom. The molecule has 0 amide bonds. The molecule has 0 saturated heterocycles. The van der Waals surface area contributed by atoms with Crippen molar-refractivity contribution in [3.63, 3.8) is 0 Å². The van der Waals surface area contributed by atoms with Crippen LogP contribution in [0, 0.1) is 12.8 Å². The molecule has 0 aliphatic heterocycles. The van der Waals surface area contributed by atoms with Gasteiger partial charge in [0.1, 0.15) is 5.84 Å². The number of aliphatic imine (C=N–C) groups is 1. The standard InChI is InChI=1S/C23H32N2/c1-6-18(3)23(24-5)25-22(21-14-12-17(2)13-15-21)19(4)16-20-10-8-7-9-11-20/h7-8,10,12-15,18H,6,9,11,16H2,1-5H3,(H,24,25)/b22-19+. The lowest BCUT2D eigenvalue weighted by atomic mass is 9.95. The Hall–Kier alpha value is -2.09.